The van der Waals surface area contributed by atoms with Crippen molar-refractivity contribution in [3.05, 3.63) is 35.7 Å². The van der Waals surface area contributed by atoms with E-state index in [0.717, 1.165) is 25.9 Å². The summed E-state index contributed by atoms with van der Waals surface area (Å²) in [5.74, 6) is 1.65. The zero-order chi connectivity index (χ0) is 18.1. The van der Waals surface area contributed by atoms with Crippen molar-refractivity contribution in [3.63, 3.8) is 0 Å². The molecule has 2 saturated heterocycles. The molecule has 0 aromatic carbocycles. The summed E-state index contributed by atoms with van der Waals surface area (Å²) in [5, 5.41) is 11.5. The van der Waals surface area contributed by atoms with Crippen molar-refractivity contribution in [2.75, 3.05) is 26.2 Å². The van der Waals surface area contributed by atoms with E-state index in [-0.39, 0.29) is 23.7 Å². The summed E-state index contributed by atoms with van der Waals surface area (Å²) in [6.07, 6.45) is 4.67. The van der Waals surface area contributed by atoms with E-state index in [1.54, 1.807) is 17.9 Å². The van der Waals surface area contributed by atoms with Crippen LogP contribution in [0.5, 0.6) is 0 Å². The largest absolute Gasteiger partial charge is 0.343 e. The van der Waals surface area contributed by atoms with E-state index in [1.807, 2.05) is 4.90 Å². The average Bonchev–Trinajstić information content (AvgIpc) is 3.11. The molecular weight excluding hydrogens is 336 g/mol. The van der Waals surface area contributed by atoms with Crippen LogP contribution < -0.4 is 0 Å². The number of carbonyl (C=O) groups is 2. The van der Waals surface area contributed by atoms with Crippen LogP contribution in [0.1, 0.15) is 53.7 Å². The summed E-state index contributed by atoms with van der Waals surface area (Å²) in [6.45, 7) is 4.18. The first kappa shape index (κ1) is 16.6. The summed E-state index contributed by atoms with van der Waals surface area (Å²) in [4.78, 5) is 31.8. The van der Waals surface area contributed by atoms with Gasteiger partial charge in [-0.15, -0.1) is 0 Å². The van der Waals surface area contributed by atoms with Crippen LogP contribution in [-0.2, 0) is 4.79 Å². The van der Waals surface area contributed by atoms with Gasteiger partial charge in [-0.1, -0.05) is 5.16 Å². The van der Waals surface area contributed by atoms with Crippen molar-refractivity contribution in [1.82, 2.24) is 30.1 Å². The van der Waals surface area contributed by atoms with Crippen molar-refractivity contribution in [2.45, 2.75) is 31.6 Å². The third-order valence-corrected chi connectivity index (χ3v) is 5.11. The molecule has 2 aliphatic rings. The minimum atomic E-state index is -0.0625. The first-order valence-electron chi connectivity index (χ1n) is 8.77. The number of likely N-dealkylation sites (tertiary alicyclic amines) is 2. The van der Waals surface area contributed by atoms with Crippen LogP contribution in [0.2, 0.25) is 0 Å². The molecule has 2 fully saturated rings. The maximum atomic E-state index is 12.3. The molecule has 2 aromatic rings. The summed E-state index contributed by atoms with van der Waals surface area (Å²) in [5.41, 5.74) is 0.530. The lowest BCUT2D eigenvalue weighted by Gasteiger charge is -2.37. The Morgan fingerprint density at radius 3 is 2.54 bits per heavy atom. The normalized spacial score (nSPS) is 18.7. The van der Waals surface area contributed by atoms with Gasteiger partial charge in [-0.3, -0.25) is 9.59 Å². The molecule has 2 aliphatic heterocycles. The molecular formula is C17H20N6O3. The number of aromatic nitrogens is 4. The van der Waals surface area contributed by atoms with Gasteiger partial charge in [0.1, 0.15) is 0 Å². The van der Waals surface area contributed by atoms with Gasteiger partial charge in [0.05, 0.1) is 23.9 Å². The number of rotatable bonds is 3. The standard InChI is InChI=1S/C17H20N6O3/c1-11(24)22-6-3-12(4-7-22)15-20-16(26-21-15)14-9-23(10-14)17(25)13-2-5-18-19-8-13/h2,5,8,12,14H,3-4,6-7,9-10H2,1H3. The Bertz CT molecular complexity index is 794. The minimum absolute atomic E-state index is 0.0625. The smallest absolute Gasteiger partial charge is 0.255 e. The van der Waals surface area contributed by atoms with Crippen LogP contribution in [0, 0.1) is 0 Å². The Morgan fingerprint density at radius 1 is 1.12 bits per heavy atom. The van der Waals surface area contributed by atoms with Gasteiger partial charge in [-0.2, -0.15) is 15.2 Å². The maximum absolute atomic E-state index is 12.3. The van der Waals surface area contributed by atoms with Gasteiger partial charge >= 0.3 is 0 Å². The average molecular weight is 356 g/mol. The summed E-state index contributed by atoms with van der Waals surface area (Å²) in [7, 11) is 0. The van der Waals surface area contributed by atoms with Gasteiger partial charge < -0.3 is 14.3 Å². The molecule has 0 unspecified atom stereocenters. The van der Waals surface area contributed by atoms with Gasteiger partial charge in [-0.25, -0.2) is 0 Å². The van der Waals surface area contributed by atoms with Crippen molar-refractivity contribution in [2.24, 2.45) is 0 Å². The van der Waals surface area contributed by atoms with Gasteiger partial charge in [0.2, 0.25) is 11.8 Å². The third kappa shape index (κ3) is 3.16. The lowest BCUT2D eigenvalue weighted by atomic mass is 9.95. The molecule has 136 valence electrons. The monoisotopic (exact) mass is 356 g/mol. The van der Waals surface area contributed by atoms with E-state index < -0.39 is 0 Å². The Labute approximate surface area is 150 Å². The Balaban J connectivity index is 1.33. The highest BCUT2D eigenvalue weighted by atomic mass is 16.5. The van der Waals surface area contributed by atoms with Crippen LogP contribution in [0.4, 0.5) is 0 Å². The molecule has 9 nitrogen and oxygen atoms in total. The van der Waals surface area contributed by atoms with Crippen LogP contribution in [0.3, 0.4) is 0 Å². The summed E-state index contributed by atoms with van der Waals surface area (Å²) >= 11 is 0. The Morgan fingerprint density at radius 2 is 1.88 bits per heavy atom. The molecule has 0 atom stereocenters. The second kappa shape index (κ2) is 6.81. The fourth-order valence-electron chi connectivity index (χ4n) is 3.43. The fraction of sp³-hybridized carbons (Fsp3) is 0.529. The predicted octanol–water partition coefficient (Wildman–Crippen LogP) is 0.825. The van der Waals surface area contributed by atoms with Crippen molar-refractivity contribution >= 4 is 11.8 Å². The third-order valence-electron chi connectivity index (χ3n) is 5.11. The molecule has 0 radical (unpaired) electrons. The molecule has 2 aromatic heterocycles. The zero-order valence-corrected chi connectivity index (χ0v) is 14.5. The molecule has 26 heavy (non-hydrogen) atoms. The van der Waals surface area contributed by atoms with Gasteiger partial charge in [0.25, 0.3) is 5.91 Å². The van der Waals surface area contributed by atoms with E-state index in [1.165, 1.54) is 12.4 Å². The van der Waals surface area contributed by atoms with E-state index in [9.17, 15) is 9.59 Å². The number of hydrogen-bond acceptors (Lipinski definition) is 7. The number of carbonyl (C=O) groups excluding carboxylic acids is 2. The first-order chi connectivity index (χ1) is 12.6. The van der Waals surface area contributed by atoms with Gasteiger partial charge in [0, 0.05) is 39.0 Å². The number of hydrogen-bond donors (Lipinski definition) is 0. The lowest BCUT2D eigenvalue weighted by Crippen LogP contribution is -2.48. The maximum Gasteiger partial charge on any atom is 0.255 e. The van der Waals surface area contributed by atoms with Crippen molar-refractivity contribution in [3.8, 4) is 0 Å². The molecule has 0 aliphatic carbocycles. The number of piperidine rings is 1. The van der Waals surface area contributed by atoms with Gasteiger partial charge in [0.15, 0.2) is 5.82 Å². The molecule has 9 heteroatoms. The second-order valence-corrected chi connectivity index (χ2v) is 6.81. The number of nitrogens with zero attached hydrogens (tertiary/aromatic N) is 6. The van der Waals surface area contributed by atoms with E-state index in [2.05, 4.69) is 20.3 Å². The van der Waals surface area contributed by atoms with Crippen LogP contribution in [0.25, 0.3) is 0 Å². The van der Waals surface area contributed by atoms with Crippen LogP contribution in [0.15, 0.2) is 23.0 Å². The van der Waals surface area contributed by atoms with Crippen LogP contribution >= 0.6 is 0 Å². The van der Waals surface area contributed by atoms with Crippen molar-refractivity contribution < 1.29 is 14.1 Å². The first-order valence-corrected chi connectivity index (χ1v) is 8.77. The minimum Gasteiger partial charge on any atom is -0.343 e. The fourth-order valence-corrected chi connectivity index (χ4v) is 3.43. The molecule has 0 spiro atoms. The quantitative estimate of drug-likeness (QED) is 0.802. The highest BCUT2D eigenvalue weighted by Gasteiger charge is 2.37. The SMILES string of the molecule is CC(=O)N1CCC(c2noc(C3CN(C(=O)c4ccnnc4)C3)n2)CC1. The van der Waals surface area contributed by atoms with E-state index in [4.69, 9.17) is 4.52 Å². The van der Waals surface area contributed by atoms with E-state index in [0.29, 0.717) is 30.4 Å². The highest BCUT2D eigenvalue weighted by Crippen LogP contribution is 2.30. The molecule has 4 rings (SSSR count). The molecule has 2 amide bonds. The van der Waals surface area contributed by atoms with Crippen molar-refractivity contribution in [1.29, 1.82) is 0 Å². The zero-order valence-electron chi connectivity index (χ0n) is 14.5. The van der Waals surface area contributed by atoms with E-state index >= 15 is 0 Å². The number of amides is 2. The Hall–Kier alpha value is -2.84. The molecule has 0 N–H and O–H groups in total. The molecule has 0 bridgehead atoms. The highest BCUT2D eigenvalue weighted by molar-refractivity contribution is 5.94. The predicted molar refractivity (Wildman–Crippen MR) is 89.2 cm³/mol. The molecule has 4 heterocycles. The lowest BCUT2D eigenvalue weighted by molar-refractivity contribution is -0.129. The van der Waals surface area contributed by atoms with Gasteiger partial charge in [-0.05, 0) is 18.9 Å². The topological polar surface area (TPSA) is 105 Å². The molecule has 0 saturated carbocycles. The summed E-state index contributed by atoms with van der Waals surface area (Å²) < 4.78 is 5.43. The summed E-state index contributed by atoms with van der Waals surface area (Å²) in [6, 6.07) is 1.65. The second-order valence-electron chi connectivity index (χ2n) is 6.81. The van der Waals surface area contributed by atoms with Crippen LogP contribution in [-0.4, -0.2) is 68.1 Å². The Kier molecular flexibility index (Phi) is 4.36.